The van der Waals surface area contributed by atoms with E-state index in [1.807, 2.05) is 22.6 Å². The Hall–Kier alpha value is -1.45. The molecular weight excluding hydrogens is 416 g/mol. The predicted molar refractivity (Wildman–Crippen MR) is 80.8 cm³/mol. The van der Waals surface area contributed by atoms with Gasteiger partial charge in [-0.25, -0.2) is 4.79 Å². The highest BCUT2D eigenvalue weighted by Gasteiger charge is 2.49. The van der Waals surface area contributed by atoms with E-state index in [0.717, 1.165) is 6.08 Å². The molecule has 0 saturated heterocycles. The molecular formula is C14H12F3IO4. The molecule has 4 nitrogen and oxygen atoms in total. The van der Waals surface area contributed by atoms with Gasteiger partial charge < -0.3 is 14.2 Å². The molecule has 0 fully saturated rings. The fourth-order valence-electron chi connectivity index (χ4n) is 1.99. The van der Waals surface area contributed by atoms with Crippen LogP contribution in [0, 0.1) is 3.57 Å². The Labute approximate surface area is 138 Å². The molecule has 8 heteroatoms. The molecule has 1 aromatic rings. The first-order chi connectivity index (χ1) is 10.3. The smallest absolute Gasteiger partial charge is 0.430 e. The van der Waals surface area contributed by atoms with Crippen molar-refractivity contribution in [3.63, 3.8) is 0 Å². The molecule has 1 heterocycles. The second-order valence-electron chi connectivity index (χ2n) is 4.36. The zero-order chi connectivity index (χ0) is 16.5. The van der Waals surface area contributed by atoms with Crippen molar-refractivity contribution < 1.29 is 32.2 Å². The summed E-state index contributed by atoms with van der Waals surface area (Å²) < 4.78 is 54.8. The Kier molecular flexibility index (Phi) is 4.88. The number of hydrogen-bond acceptors (Lipinski definition) is 4. The average molecular weight is 428 g/mol. The van der Waals surface area contributed by atoms with Gasteiger partial charge in [0.15, 0.2) is 0 Å². The van der Waals surface area contributed by atoms with Gasteiger partial charge in [0, 0.05) is 5.56 Å². The summed E-state index contributed by atoms with van der Waals surface area (Å²) in [5.41, 5.74) is -0.198. The summed E-state index contributed by atoms with van der Waals surface area (Å²) in [6.07, 6.45) is -5.95. The zero-order valence-electron chi connectivity index (χ0n) is 11.7. The van der Waals surface area contributed by atoms with E-state index < -0.39 is 23.8 Å². The number of fused-ring (bicyclic) bond motifs is 1. The van der Waals surface area contributed by atoms with E-state index in [4.69, 9.17) is 9.47 Å². The van der Waals surface area contributed by atoms with Crippen LogP contribution in [-0.4, -0.2) is 32.0 Å². The number of methoxy groups -OCH3 is 1. The molecule has 0 radical (unpaired) electrons. The lowest BCUT2D eigenvalue weighted by Gasteiger charge is -2.28. The van der Waals surface area contributed by atoms with Crippen molar-refractivity contribution in [3.05, 3.63) is 26.8 Å². The molecule has 2 rings (SSSR count). The summed E-state index contributed by atoms with van der Waals surface area (Å²) in [6, 6.07) is 3.12. The summed E-state index contributed by atoms with van der Waals surface area (Å²) in [4.78, 5) is 11.8. The second-order valence-corrected chi connectivity index (χ2v) is 5.44. The fraction of sp³-hybridized carbons (Fsp3) is 0.357. The fourth-order valence-corrected chi connectivity index (χ4v) is 2.83. The number of carbonyl (C=O) groups excluding carboxylic acids is 1. The van der Waals surface area contributed by atoms with Gasteiger partial charge in [-0.15, -0.1) is 0 Å². The number of ether oxygens (including phenoxy) is 3. The minimum Gasteiger partial charge on any atom is -0.496 e. The van der Waals surface area contributed by atoms with Gasteiger partial charge in [0.2, 0.25) is 6.10 Å². The van der Waals surface area contributed by atoms with Gasteiger partial charge in [-0.2, -0.15) is 13.2 Å². The summed E-state index contributed by atoms with van der Waals surface area (Å²) in [5.74, 6) is -0.607. The Balaban J connectivity index is 2.55. The molecule has 0 aliphatic carbocycles. The van der Waals surface area contributed by atoms with E-state index in [1.165, 1.54) is 20.1 Å². The molecule has 0 aromatic heterocycles. The van der Waals surface area contributed by atoms with Crippen molar-refractivity contribution in [2.24, 2.45) is 0 Å². The number of rotatable bonds is 3. The minimum atomic E-state index is -4.73. The van der Waals surface area contributed by atoms with Gasteiger partial charge in [-0.05, 0) is 47.7 Å². The maximum absolute atomic E-state index is 13.2. The summed E-state index contributed by atoms with van der Waals surface area (Å²) in [6.45, 7) is 1.50. The quantitative estimate of drug-likeness (QED) is 0.546. The highest BCUT2D eigenvalue weighted by atomic mass is 127. The minimum absolute atomic E-state index is 0.0201. The third-order valence-corrected chi connectivity index (χ3v) is 3.97. The number of halogens is 4. The Morgan fingerprint density at radius 2 is 2.09 bits per heavy atom. The van der Waals surface area contributed by atoms with Gasteiger partial charge in [0.1, 0.15) is 11.5 Å². The van der Waals surface area contributed by atoms with E-state index in [9.17, 15) is 18.0 Å². The molecule has 1 atom stereocenters. The van der Waals surface area contributed by atoms with Crippen LogP contribution in [0.2, 0.25) is 0 Å². The maximum Gasteiger partial charge on any atom is 0.430 e. The molecule has 0 spiro atoms. The highest BCUT2D eigenvalue weighted by Crippen LogP contribution is 2.42. The Morgan fingerprint density at radius 1 is 1.41 bits per heavy atom. The molecule has 0 bridgehead atoms. The molecule has 0 amide bonds. The molecule has 1 unspecified atom stereocenters. The van der Waals surface area contributed by atoms with Gasteiger partial charge >= 0.3 is 12.1 Å². The highest BCUT2D eigenvalue weighted by molar-refractivity contribution is 14.1. The Morgan fingerprint density at radius 3 is 2.64 bits per heavy atom. The molecule has 0 N–H and O–H groups in total. The van der Waals surface area contributed by atoms with Crippen LogP contribution in [0.5, 0.6) is 11.5 Å². The van der Waals surface area contributed by atoms with Crippen molar-refractivity contribution in [3.8, 4) is 11.5 Å². The van der Waals surface area contributed by atoms with Crippen LogP contribution in [0.15, 0.2) is 17.7 Å². The molecule has 22 heavy (non-hydrogen) atoms. The zero-order valence-corrected chi connectivity index (χ0v) is 13.8. The first-order valence-corrected chi connectivity index (χ1v) is 7.36. The lowest BCUT2D eigenvalue weighted by Crippen LogP contribution is -2.41. The van der Waals surface area contributed by atoms with E-state index in [1.54, 1.807) is 6.07 Å². The predicted octanol–water partition coefficient (Wildman–Crippen LogP) is 3.57. The third kappa shape index (κ3) is 3.16. The number of alkyl halides is 3. The molecule has 1 aromatic carbocycles. The molecule has 1 aliphatic rings. The van der Waals surface area contributed by atoms with Crippen molar-refractivity contribution in [2.75, 3.05) is 13.7 Å². The summed E-state index contributed by atoms with van der Waals surface area (Å²) >= 11 is 1.84. The lowest BCUT2D eigenvalue weighted by atomic mass is 10.0. The lowest BCUT2D eigenvalue weighted by molar-refractivity contribution is -0.188. The van der Waals surface area contributed by atoms with Crippen molar-refractivity contribution in [1.29, 1.82) is 0 Å². The largest absolute Gasteiger partial charge is 0.496 e. The van der Waals surface area contributed by atoms with Crippen molar-refractivity contribution in [2.45, 2.75) is 19.2 Å². The van der Waals surface area contributed by atoms with Crippen LogP contribution in [0.1, 0.15) is 12.5 Å². The van der Waals surface area contributed by atoms with Crippen LogP contribution >= 0.6 is 22.6 Å². The first kappa shape index (κ1) is 16.9. The third-order valence-electron chi connectivity index (χ3n) is 2.95. The van der Waals surface area contributed by atoms with E-state index >= 15 is 0 Å². The number of carbonyl (C=O) groups is 1. The topological polar surface area (TPSA) is 44.8 Å². The van der Waals surface area contributed by atoms with Crippen LogP contribution < -0.4 is 9.47 Å². The molecule has 1 aliphatic heterocycles. The van der Waals surface area contributed by atoms with E-state index in [-0.39, 0.29) is 12.4 Å². The van der Waals surface area contributed by atoms with Crippen molar-refractivity contribution >= 4 is 34.6 Å². The number of hydrogen-bond donors (Lipinski definition) is 0. The van der Waals surface area contributed by atoms with Crippen LogP contribution in [-0.2, 0) is 9.53 Å². The van der Waals surface area contributed by atoms with Gasteiger partial charge in [0.25, 0.3) is 0 Å². The normalized spacial score (nSPS) is 17.2. The molecule has 0 saturated carbocycles. The van der Waals surface area contributed by atoms with Gasteiger partial charge in [-0.1, -0.05) is 0 Å². The second kappa shape index (κ2) is 6.35. The van der Waals surface area contributed by atoms with Gasteiger partial charge in [-0.3, -0.25) is 0 Å². The van der Waals surface area contributed by atoms with Crippen LogP contribution in [0.4, 0.5) is 13.2 Å². The van der Waals surface area contributed by atoms with Crippen LogP contribution in [0.25, 0.3) is 6.08 Å². The van der Waals surface area contributed by atoms with E-state index in [2.05, 4.69) is 4.74 Å². The maximum atomic E-state index is 13.2. The van der Waals surface area contributed by atoms with Gasteiger partial charge in [0.05, 0.1) is 22.9 Å². The van der Waals surface area contributed by atoms with Crippen LogP contribution in [0.3, 0.4) is 0 Å². The van der Waals surface area contributed by atoms with E-state index in [0.29, 0.717) is 14.9 Å². The summed E-state index contributed by atoms with van der Waals surface area (Å²) in [5, 5.41) is 0. The Bertz CT molecular complexity index is 625. The number of benzene rings is 1. The molecule has 120 valence electrons. The SMILES string of the molecule is CCOC(=O)C1=Cc2ccc(OC)c(I)c2OC1C(F)(F)F. The number of esters is 1. The average Bonchev–Trinajstić information content (AvgIpc) is 2.46. The monoisotopic (exact) mass is 428 g/mol. The standard InChI is InChI=1S/C14H12F3IO4/c1-3-21-13(19)8-6-7-4-5-9(20-2)10(18)11(7)22-12(8)14(15,16)17/h4-6,12H,3H2,1-2H3. The summed E-state index contributed by atoms with van der Waals surface area (Å²) in [7, 11) is 1.41. The first-order valence-electron chi connectivity index (χ1n) is 6.28. The van der Waals surface area contributed by atoms with Crippen molar-refractivity contribution in [1.82, 2.24) is 0 Å².